The first-order valence-corrected chi connectivity index (χ1v) is 20.4. The lowest BCUT2D eigenvalue weighted by Crippen LogP contribution is -2.35. The van der Waals surface area contributed by atoms with Crippen LogP contribution in [0, 0.1) is 0 Å². The average Bonchev–Trinajstić information content (AvgIpc) is 3.58. The van der Waals surface area contributed by atoms with E-state index in [-0.39, 0.29) is 20.0 Å². The lowest BCUT2D eigenvalue weighted by atomic mass is 9.86. The second kappa shape index (κ2) is 15.4. The Morgan fingerprint density at radius 2 is 1.04 bits per heavy atom. The van der Waals surface area contributed by atoms with Crippen LogP contribution in [-0.4, -0.2) is 26.8 Å². The monoisotopic (exact) mass is 642 g/mol. The van der Waals surface area contributed by atoms with Crippen LogP contribution in [0.2, 0.25) is 0 Å². The van der Waals surface area contributed by atoms with Gasteiger partial charge in [0.2, 0.25) is 0 Å². The highest BCUT2D eigenvalue weighted by Crippen LogP contribution is 2.64. The third kappa shape index (κ3) is 7.19. The zero-order valence-corrected chi connectivity index (χ0v) is 29.7. The Bertz CT molecular complexity index is 1440. The van der Waals surface area contributed by atoms with Gasteiger partial charge < -0.3 is 9.80 Å². The number of hydrogen-bond acceptors (Lipinski definition) is 2. The first kappa shape index (κ1) is 32.5. The molecule has 3 fully saturated rings. The molecule has 3 aromatic carbocycles. The molecule has 3 atom stereocenters. The van der Waals surface area contributed by atoms with E-state index in [1.165, 1.54) is 106 Å². The van der Waals surface area contributed by atoms with E-state index in [0.29, 0.717) is 5.66 Å². The van der Waals surface area contributed by atoms with E-state index in [9.17, 15) is 0 Å². The highest BCUT2D eigenvalue weighted by molar-refractivity contribution is 7.60. The first-order chi connectivity index (χ1) is 23.2. The molecule has 0 N–H and O–H groups in total. The van der Waals surface area contributed by atoms with E-state index >= 15 is 0 Å². The summed E-state index contributed by atoms with van der Waals surface area (Å²) in [7, 11) is -0.137. The van der Waals surface area contributed by atoms with Crippen LogP contribution in [0.15, 0.2) is 120 Å². The van der Waals surface area contributed by atoms with Gasteiger partial charge in [-0.2, -0.15) is 0 Å². The third-order valence-electron chi connectivity index (χ3n) is 11.6. The first-order valence-electron chi connectivity index (χ1n) is 18.8. The molecule has 0 amide bonds. The van der Waals surface area contributed by atoms with Gasteiger partial charge >= 0.3 is 0 Å². The summed E-state index contributed by atoms with van der Waals surface area (Å²) in [5.74, 6) is 1.46. The van der Waals surface area contributed by atoms with Crippen molar-refractivity contribution in [1.29, 1.82) is 0 Å². The van der Waals surface area contributed by atoms with Crippen LogP contribution < -0.4 is 0 Å². The molecular formula is C44H55N2P. The van der Waals surface area contributed by atoms with Crippen LogP contribution in [0.1, 0.15) is 126 Å². The summed E-state index contributed by atoms with van der Waals surface area (Å²) < 4.78 is 0. The van der Waals surface area contributed by atoms with E-state index in [1.54, 1.807) is 11.1 Å². The molecule has 7 rings (SSSR count). The molecule has 0 bridgehead atoms. The summed E-state index contributed by atoms with van der Waals surface area (Å²) >= 11 is 0. The van der Waals surface area contributed by atoms with Crippen molar-refractivity contribution >= 4 is 14.0 Å². The quantitative estimate of drug-likeness (QED) is 0.226. The zero-order chi connectivity index (χ0) is 32.0. The molecule has 3 saturated carbocycles. The Morgan fingerprint density at radius 3 is 1.53 bits per heavy atom. The zero-order valence-electron chi connectivity index (χ0n) is 28.8. The van der Waals surface area contributed by atoms with E-state index in [2.05, 4.69) is 133 Å². The van der Waals surface area contributed by atoms with Crippen molar-refractivity contribution in [3.63, 3.8) is 0 Å². The molecule has 3 heteroatoms. The van der Waals surface area contributed by atoms with E-state index in [4.69, 9.17) is 0 Å². The van der Waals surface area contributed by atoms with Gasteiger partial charge in [0.05, 0.1) is 12.1 Å². The molecule has 4 aliphatic rings. The van der Waals surface area contributed by atoms with Crippen LogP contribution in [0.3, 0.4) is 0 Å². The van der Waals surface area contributed by atoms with E-state index < -0.39 is 0 Å². The van der Waals surface area contributed by atoms with Crippen LogP contribution in [0.25, 0.3) is 6.08 Å². The number of hydrogen-bond donors (Lipinski definition) is 0. The Morgan fingerprint density at radius 1 is 0.574 bits per heavy atom. The SMILES string of the molecule is CC(c1ccccc1)N1C=CN(C(C)c2ccccc2)C1=C1C(=Cc2ccccc2)CCCC1P(C1CCCCC1)C1CCCCC1. The van der Waals surface area contributed by atoms with Gasteiger partial charge in [-0.05, 0) is 92.4 Å². The maximum Gasteiger partial charge on any atom is 0.117 e. The van der Waals surface area contributed by atoms with Gasteiger partial charge in [0.1, 0.15) is 5.82 Å². The van der Waals surface area contributed by atoms with Gasteiger partial charge in [0.25, 0.3) is 0 Å². The van der Waals surface area contributed by atoms with Gasteiger partial charge in [-0.3, -0.25) is 0 Å². The number of allylic oxidation sites excluding steroid dienone is 2. The highest BCUT2D eigenvalue weighted by Gasteiger charge is 2.43. The lowest BCUT2D eigenvalue weighted by Gasteiger charge is -2.47. The topological polar surface area (TPSA) is 6.48 Å². The van der Waals surface area contributed by atoms with Crippen molar-refractivity contribution in [3.05, 3.63) is 137 Å². The van der Waals surface area contributed by atoms with E-state index in [1.807, 2.05) is 0 Å². The smallest absolute Gasteiger partial charge is 0.117 e. The van der Waals surface area contributed by atoms with Crippen molar-refractivity contribution in [1.82, 2.24) is 9.80 Å². The summed E-state index contributed by atoms with van der Waals surface area (Å²) in [4.78, 5) is 5.33. The Balaban J connectivity index is 1.43. The fraction of sp³-hybridized carbons (Fsp3) is 0.455. The Hall–Kier alpha value is -3.09. The standard InChI is InChI=1S/C44H55N2P/c1-34(37-21-10-4-11-22-37)45-31-32-46(35(2)38-23-12-5-13-24-38)44(45)43-39(33-36-19-8-3-9-20-36)25-18-30-42(43)47(40-26-14-6-15-27-40)41-28-16-7-17-29-41/h3-5,8-13,19-24,31-35,40-42H,6-7,14-18,25-30H2,1-2H3. The second-order valence-electron chi connectivity index (χ2n) is 14.5. The van der Waals surface area contributed by atoms with Crippen LogP contribution in [0.5, 0.6) is 0 Å². The molecule has 0 aromatic heterocycles. The number of nitrogens with zero attached hydrogens (tertiary/aromatic N) is 2. The van der Waals surface area contributed by atoms with Crippen molar-refractivity contribution in [2.45, 2.75) is 126 Å². The molecule has 3 aromatic rings. The molecule has 47 heavy (non-hydrogen) atoms. The largest absolute Gasteiger partial charge is 0.325 e. The average molecular weight is 643 g/mol. The molecule has 1 aliphatic heterocycles. The molecule has 0 spiro atoms. The normalized spacial score (nSPS) is 23.6. The molecule has 0 saturated heterocycles. The third-order valence-corrected chi connectivity index (χ3v) is 15.6. The van der Waals surface area contributed by atoms with Gasteiger partial charge in [-0.15, -0.1) is 0 Å². The maximum atomic E-state index is 2.66. The summed E-state index contributed by atoms with van der Waals surface area (Å²) in [5.41, 5.74) is 9.90. The Kier molecular flexibility index (Phi) is 10.6. The maximum absolute atomic E-state index is 2.66. The molecule has 246 valence electrons. The van der Waals surface area contributed by atoms with Gasteiger partial charge in [-0.1, -0.05) is 144 Å². The minimum absolute atomic E-state index is 0.137. The van der Waals surface area contributed by atoms with Crippen molar-refractivity contribution in [3.8, 4) is 0 Å². The van der Waals surface area contributed by atoms with E-state index in [0.717, 1.165) is 11.3 Å². The van der Waals surface area contributed by atoms with Crippen molar-refractivity contribution < 1.29 is 0 Å². The summed E-state index contributed by atoms with van der Waals surface area (Å²) in [5, 5.41) is 0. The number of rotatable bonds is 8. The van der Waals surface area contributed by atoms with Gasteiger partial charge in [0, 0.05) is 23.6 Å². The fourth-order valence-electron chi connectivity index (χ4n) is 9.14. The van der Waals surface area contributed by atoms with Crippen LogP contribution in [0.4, 0.5) is 0 Å². The van der Waals surface area contributed by atoms with Gasteiger partial charge in [-0.25, -0.2) is 0 Å². The fourth-order valence-corrected chi connectivity index (χ4v) is 13.7. The molecule has 2 nitrogen and oxygen atoms in total. The number of benzene rings is 3. The molecule has 3 unspecified atom stereocenters. The molecule has 3 aliphatic carbocycles. The van der Waals surface area contributed by atoms with Gasteiger partial charge in [0.15, 0.2) is 0 Å². The summed E-state index contributed by atoms with van der Waals surface area (Å²) in [6.07, 6.45) is 25.7. The minimum atomic E-state index is -0.137. The Labute approximate surface area is 286 Å². The lowest BCUT2D eigenvalue weighted by molar-refractivity contribution is 0.264. The highest BCUT2D eigenvalue weighted by atomic mass is 31.1. The predicted molar refractivity (Wildman–Crippen MR) is 202 cm³/mol. The van der Waals surface area contributed by atoms with Crippen LogP contribution >= 0.6 is 7.92 Å². The minimum Gasteiger partial charge on any atom is -0.325 e. The van der Waals surface area contributed by atoms with Crippen molar-refractivity contribution in [2.24, 2.45) is 0 Å². The second-order valence-corrected chi connectivity index (χ2v) is 17.5. The van der Waals surface area contributed by atoms with Crippen molar-refractivity contribution in [2.75, 3.05) is 0 Å². The molecular weight excluding hydrogens is 587 g/mol. The summed E-state index contributed by atoms with van der Waals surface area (Å²) in [6.45, 7) is 4.83. The summed E-state index contributed by atoms with van der Waals surface area (Å²) in [6, 6.07) is 34.1. The van der Waals surface area contributed by atoms with Crippen LogP contribution in [-0.2, 0) is 0 Å². The molecule has 1 heterocycles. The molecule has 0 radical (unpaired) electrons. The predicted octanol–water partition coefficient (Wildman–Crippen LogP) is 12.6.